The predicted molar refractivity (Wildman–Crippen MR) is 62.0 cm³/mol. The van der Waals surface area contributed by atoms with E-state index in [9.17, 15) is 13.2 Å². The van der Waals surface area contributed by atoms with Crippen molar-refractivity contribution in [2.24, 2.45) is 7.05 Å². The van der Waals surface area contributed by atoms with Crippen molar-refractivity contribution in [3.05, 3.63) is 35.5 Å². The average molecular weight is 241 g/mol. The zero-order valence-electron chi connectivity index (χ0n) is 9.97. The Bertz CT molecular complexity index is 550. The Balaban J connectivity index is 2.91. The van der Waals surface area contributed by atoms with Gasteiger partial charge in [-0.2, -0.15) is 13.2 Å². The Hall–Kier alpha value is -1.45. The van der Waals surface area contributed by atoms with Gasteiger partial charge in [0.25, 0.3) is 0 Å². The fourth-order valence-electron chi connectivity index (χ4n) is 2.35. The number of para-hydroxylation sites is 1. The first-order chi connectivity index (χ1) is 7.84. The van der Waals surface area contributed by atoms with E-state index in [0.29, 0.717) is 16.5 Å². The molecule has 0 bridgehead atoms. The molecule has 0 amide bonds. The minimum absolute atomic E-state index is 0.155. The lowest BCUT2D eigenvalue weighted by Crippen LogP contribution is -2.14. The maximum atomic E-state index is 13.1. The molecule has 1 aromatic heterocycles. The quantitative estimate of drug-likeness (QED) is 0.700. The molecule has 2 rings (SSSR count). The summed E-state index contributed by atoms with van der Waals surface area (Å²) in [5.74, 6) is -0.155. The maximum absolute atomic E-state index is 13.1. The molecule has 4 heteroatoms. The summed E-state index contributed by atoms with van der Waals surface area (Å²) in [6.07, 6.45) is -4.31. The van der Waals surface area contributed by atoms with Crippen molar-refractivity contribution in [1.29, 1.82) is 0 Å². The van der Waals surface area contributed by atoms with Gasteiger partial charge in [-0.1, -0.05) is 32.0 Å². The number of benzene rings is 1. The average Bonchev–Trinajstić information content (AvgIpc) is 2.52. The van der Waals surface area contributed by atoms with Crippen LogP contribution in [-0.4, -0.2) is 4.57 Å². The minimum atomic E-state index is -4.31. The Labute approximate surface area is 97.9 Å². The molecule has 0 radical (unpaired) electrons. The molecule has 0 N–H and O–H groups in total. The van der Waals surface area contributed by atoms with Crippen LogP contribution < -0.4 is 0 Å². The van der Waals surface area contributed by atoms with Crippen LogP contribution in [-0.2, 0) is 13.2 Å². The molecule has 0 unspecified atom stereocenters. The second-order valence-electron chi connectivity index (χ2n) is 4.49. The molecule has 0 saturated carbocycles. The molecule has 0 aliphatic rings. The Morgan fingerprint density at radius 1 is 1.12 bits per heavy atom. The summed E-state index contributed by atoms with van der Waals surface area (Å²) in [4.78, 5) is 0. The topological polar surface area (TPSA) is 4.93 Å². The van der Waals surface area contributed by atoms with Crippen LogP contribution in [0.2, 0.25) is 0 Å². The molecule has 2 aromatic rings. The fourth-order valence-corrected chi connectivity index (χ4v) is 2.35. The first-order valence-electron chi connectivity index (χ1n) is 5.48. The van der Waals surface area contributed by atoms with E-state index >= 15 is 0 Å². The smallest absolute Gasteiger partial charge is 0.340 e. The third-order valence-electron chi connectivity index (χ3n) is 2.99. The summed E-state index contributed by atoms with van der Waals surface area (Å²) in [6.45, 7) is 3.58. The third-order valence-corrected chi connectivity index (χ3v) is 2.99. The second kappa shape index (κ2) is 3.79. The van der Waals surface area contributed by atoms with E-state index in [1.165, 1.54) is 11.6 Å². The molecule has 92 valence electrons. The molecule has 1 aromatic carbocycles. The fraction of sp³-hybridized carbons (Fsp3) is 0.385. The Morgan fingerprint density at radius 3 is 2.24 bits per heavy atom. The van der Waals surface area contributed by atoms with Crippen molar-refractivity contribution < 1.29 is 13.2 Å². The van der Waals surface area contributed by atoms with Gasteiger partial charge in [-0.3, -0.25) is 0 Å². The summed E-state index contributed by atoms with van der Waals surface area (Å²) < 4.78 is 40.5. The largest absolute Gasteiger partial charge is 0.431 e. The van der Waals surface area contributed by atoms with Gasteiger partial charge in [0.05, 0.1) is 0 Å². The van der Waals surface area contributed by atoms with E-state index in [4.69, 9.17) is 0 Å². The maximum Gasteiger partial charge on any atom is 0.431 e. The van der Waals surface area contributed by atoms with Crippen molar-refractivity contribution >= 4 is 10.9 Å². The number of aryl methyl sites for hydroxylation is 1. The molecule has 0 spiro atoms. The summed E-state index contributed by atoms with van der Waals surface area (Å²) in [7, 11) is 1.47. The number of nitrogens with zero attached hydrogens (tertiary/aromatic N) is 1. The van der Waals surface area contributed by atoms with E-state index in [0.717, 1.165) is 0 Å². The highest BCUT2D eigenvalue weighted by molar-refractivity contribution is 5.86. The van der Waals surface area contributed by atoms with Crippen LogP contribution in [0.5, 0.6) is 0 Å². The van der Waals surface area contributed by atoms with Crippen LogP contribution in [0, 0.1) is 0 Å². The van der Waals surface area contributed by atoms with Gasteiger partial charge in [0, 0.05) is 18.0 Å². The third kappa shape index (κ3) is 1.81. The monoisotopic (exact) mass is 241 g/mol. The Morgan fingerprint density at radius 2 is 1.71 bits per heavy atom. The normalized spacial score (nSPS) is 12.6. The molecule has 0 saturated heterocycles. The number of fused-ring (bicyclic) bond motifs is 1. The van der Waals surface area contributed by atoms with E-state index in [2.05, 4.69) is 0 Å². The molecular formula is C13H14F3N. The van der Waals surface area contributed by atoms with Crippen LogP contribution in [0.1, 0.15) is 31.0 Å². The number of aromatic nitrogens is 1. The number of hydrogen-bond donors (Lipinski definition) is 0. The van der Waals surface area contributed by atoms with Crippen molar-refractivity contribution in [1.82, 2.24) is 4.57 Å². The first-order valence-corrected chi connectivity index (χ1v) is 5.48. The molecular weight excluding hydrogens is 227 g/mol. The summed E-state index contributed by atoms with van der Waals surface area (Å²) in [5, 5.41) is 0.692. The highest BCUT2D eigenvalue weighted by Gasteiger charge is 2.38. The lowest BCUT2D eigenvalue weighted by molar-refractivity contribution is -0.143. The summed E-state index contributed by atoms with van der Waals surface area (Å²) in [6, 6.07) is 7.00. The van der Waals surface area contributed by atoms with Crippen LogP contribution in [0.4, 0.5) is 13.2 Å². The standard InChI is InChI=1S/C13H14F3N/c1-8(2)11-9-6-4-5-7-10(9)17(3)12(11)13(14,15)16/h4-8H,1-3H3. The van der Waals surface area contributed by atoms with E-state index < -0.39 is 11.9 Å². The molecule has 0 atom stereocenters. The predicted octanol–water partition coefficient (Wildman–Crippen LogP) is 4.32. The van der Waals surface area contributed by atoms with Gasteiger partial charge in [0.2, 0.25) is 0 Å². The lowest BCUT2D eigenvalue weighted by atomic mass is 9.99. The molecule has 0 aliphatic heterocycles. The zero-order valence-corrected chi connectivity index (χ0v) is 9.97. The van der Waals surface area contributed by atoms with Crippen molar-refractivity contribution in [3.8, 4) is 0 Å². The van der Waals surface area contributed by atoms with Crippen molar-refractivity contribution in [3.63, 3.8) is 0 Å². The number of halogens is 3. The lowest BCUT2D eigenvalue weighted by Gasteiger charge is -2.13. The van der Waals surface area contributed by atoms with Gasteiger partial charge >= 0.3 is 6.18 Å². The van der Waals surface area contributed by atoms with E-state index in [1.54, 1.807) is 38.1 Å². The van der Waals surface area contributed by atoms with Gasteiger partial charge in [0.15, 0.2) is 0 Å². The molecule has 1 heterocycles. The number of rotatable bonds is 1. The van der Waals surface area contributed by atoms with Crippen molar-refractivity contribution in [2.75, 3.05) is 0 Å². The molecule has 0 aliphatic carbocycles. The van der Waals surface area contributed by atoms with Gasteiger partial charge in [0.1, 0.15) is 5.69 Å². The van der Waals surface area contributed by atoms with Crippen LogP contribution in [0.25, 0.3) is 10.9 Å². The van der Waals surface area contributed by atoms with Gasteiger partial charge in [-0.05, 0) is 17.5 Å². The number of alkyl halides is 3. The van der Waals surface area contributed by atoms with Gasteiger partial charge < -0.3 is 4.57 Å². The van der Waals surface area contributed by atoms with Crippen molar-refractivity contribution in [2.45, 2.75) is 25.9 Å². The van der Waals surface area contributed by atoms with Crippen LogP contribution in [0.15, 0.2) is 24.3 Å². The molecule has 17 heavy (non-hydrogen) atoms. The zero-order chi connectivity index (χ0) is 12.8. The SMILES string of the molecule is CC(C)c1c(C(F)(F)F)n(C)c2ccccc12. The van der Waals surface area contributed by atoms with Crippen LogP contribution in [0.3, 0.4) is 0 Å². The van der Waals surface area contributed by atoms with Gasteiger partial charge in [-0.25, -0.2) is 0 Å². The highest BCUT2D eigenvalue weighted by Crippen LogP contribution is 2.40. The summed E-state index contributed by atoms with van der Waals surface area (Å²) >= 11 is 0. The highest BCUT2D eigenvalue weighted by atomic mass is 19.4. The van der Waals surface area contributed by atoms with Gasteiger partial charge in [-0.15, -0.1) is 0 Å². The summed E-state index contributed by atoms with van der Waals surface area (Å²) in [5.41, 5.74) is 0.479. The van der Waals surface area contributed by atoms with Crippen LogP contribution >= 0.6 is 0 Å². The number of hydrogen-bond acceptors (Lipinski definition) is 0. The van der Waals surface area contributed by atoms with E-state index in [1.807, 2.05) is 0 Å². The molecule has 0 fully saturated rings. The second-order valence-corrected chi connectivity index (χ2v) is 4.49. The van der Waals surface area contributed by atoms with E-state index in [-0.39, 0.29) is 5.92 Å². The Kier molecular flexibility index (Phi) is 2.68. The first kappa shape index (κ1) is 12.0. The minimum Gasteiger partial charge on any atom is -0.340 e. The molecule has 1 nitrogen and oxygen atoms in total.